The second kappa shape index (κ2) is 9.51. The van der Waals surface area contributed by atoms with Crippen molar-refractivity contribution >= 4 is 0 Å². The molecule has 0 radical (unpaired) electrons. The lowest BCUT2D eigenvalue weighted by Gasteiger charge is -2.31. The summed E-state index contributed by atoms with van der Waals surface area (Å²) < 4.78 is 0. The Bertz CT molecular complexity index is 112. The van der Waals surface area contributed by atoms with Crippen LogP contribution in [0.2, 0.25) is 0 Å². The van der Waals surface area contributed by atoms with Gasteiger partial charge in [0.05, 0.1) is 0 Å². The van der Waals surface area contributed by atoms with Crippen molar-refractivity contribution in [3.8, 4) is 0 Å². The van der Waals surface area contributed by atoms with Crippen molar-refractivity contribution in [3.05, 3.63) is 0 Å². The molecule has 0 aromatic heterocycles. The highest BCUT2D eigenvalue weighted by Gasteiger charge is 2.32. The zero-order valence-corrected chi connectivity index (χ0v) is 11.5. The number of likely N-dealkylation sites (tertiary alicyclic amines) is 1. The summed E-state index contributed by atoms with van der Waals surface area (Å²) in [6.45, 7) is 14.0. The Balaban J connectivity index is 0. The molecule has 0 spiro atoms. The molecule has 1 heteroatoms. The van der Waals surface area contributed by atoms with Crippen molar-refractivity contribution in [2.45, 2.75) is 72.8 Å². The van der Waals surface area contributed by atoms with E-state index >= 15 is 0 Å². The lowest BCUT2D eigenvalue weighted by Crippen LogP contribution is -2.37. The first-order valence-electron chi connectivity index (χ1n) is 6.40. The molecule has 1 nitrogen and oxygen atoms in total. The Morgan fingerprint density at radius 2 is 1.64 bits per heavy atom. The van der Waals surface area contributed by atoms with E-state index in [1.807, 2.05) is 27.7 Å². The topological polar surface area (TPSA) is 3.24 Å². The van der Waals surface area contributed by atoms with Gasteiger partial charge >= 0.3 is 0 Å². The Morgan fingerprint density at radius 1 is 1.14 bits per heavy atom. The Morgan fingerprint density at radius 3 is 1.93 bits per heavy atom. The average molecular weight is 201 g/mol. The standard InChI is InChI=1S/C9H19N.2C2H6/c1-4-6-9(2)7-5-8-10(9)3;2*1-2/h4-8H2,1-3H3;2*1-2H3/t9-;;/m1../s1. The smallest absolute Gasteiger partial charge is 0.0178 e. The molecule has 14 heavy (non-hydrogen) atoms. The molecule has 0 saturated carbocycles. The van der Waals surface area contributed by atoms with Crippen LogP contribution in [-0.4, -0.2) is 24.0 Å². The van der Waals surface area contributed by atoms with Gasteiger partial charge < -0.3 is 4.90 Å². The highest BCUT2D eigenvalue weighted by molar-refractivity contribution is 4.89. The number of rotatable bonds is 2. The van der Waals surface area contributed by atoms with Crippen LogP contribution in [0.3, 0.4) is 0 Å². The summed E-state index contributed by atoms with van der Waals surface area (Å²) in [5.41, 5.74) is 0.536. The first-order chi connectivity index (χ1) is 6.69. The van der Waals surface area contributed by atoms with E-state index in [9.17, 15) is 0 Å². The van der Waals surface area contributed by atoms with E-state index in [0.717, 1.165) is 0 Å². The maximum atomic E-state index is 2.51. The van der Waals surface area contributed by atoms with Gasteiger partial charge in [0.2, 0.25) is 0 Å². The zero-order valence-electron chi connectivity index (χ0n) is 11.5. The summed E-state index contributed by atoms with van der Waals surface area (Å²) in [4.78, 5) is 2.51. The minimum absolute atomic E-state index is 0.536. The maximum Gasteiger partial charge on any atom is 0.0178 e. The highest BCUT2D eigenvalue weighted by Crippen LogP contribution is 2.30. The van der Waals surface area contributed by atoms with Gasteiger partial charge in [-0.3, -0.25) is 0 Å². The Kier molecular flexibility index (Phi) is 11.1. The molecule has 1 heterocycles. The molecule has 1 aliphatic heterocycles. The molecule has 1 rings (SSSR count). The SMILES string of the molecule is CC.CC.CCC[C@]1(C)CCCN1C. The Labute approximate surface area is 91.9 Å². The van der Waals surface area contributed by atoms with Crippen LogP contribution >= 0.6 is 0 Å². The molecule has 0 N–H and O–H groups in total. The van der Waals surface area contributed by atoms with Crippen molar-refractivity contribution in [2.75, 3.05) is 13.6 Å². The average Bonchev–Trinajstić information content (AvgIpc) is 2.54. The van der Waals surface area contributed by atoms with Gasteiger partial charge in [0, 0.05) is 5.54 Å². The van der Waals surface area contributed by atoms with Crippen LogP contribution in [0.25, 0.3) is 0 Å². The molecule has 1 saturated heterocycles. The van der Waals surface area contributed by atoms with Gasteiger partial charge in [-0.1, -0.05) is 41.0 Å². The van der Waals surface area contributed by atoms with E-state index in [2.05, 4.69) is 25.8 Å². The summed E-state index contributed by atoms with van der Waals surface area (Å²) in [7, 11) is 2.25. The second-order valence-electron chi connectivity index (χ2n) is 3.77. The highest BCUT2D eigenvalue weighted by atomic mass is 15.2. The summed E-state index contributed by atoms with van der Waals surface area (Å²) in [6, 6.07) is 0. The number of hydrogen-bond donors (Lipinski definition) is 0. The Hall–Kier alpha value is -0.0400. The minimum atomic E-state index is 0.536. The quantitative estimate of drug-likeness (QED) is 0.643. The van der Waals surface area contributed by atoms with E-state index in [1.54, 1.807) is 0 Å². The van der Waals surface area contributed by atoms with Crippen molar-refractivity contribution in [1.29, 1.82) is 0 Å². The normalized spacial score (nSPS) is 25.9. The lowest BCUT2D eigenvalue weighted by atomic mass is 9.94. The van der Waals surface area contributed by atoms with Crippen LogP contribution in [0.5, 0.6) is 0 Å². The van der Waals surface area contributed by atoms with Gasteiger partial charge in [-0.25, -0.2) is 0 Å². The molecular weight excluding hydrogens is 170 g/mol. The third kappa shape index (κ3) is 4.99. The molecule has 1 fully saturated rings. The van der Waals surface area contributed by atoms with E-state index in [0.29, 0.717) is 5.54 Å². The summed E-state index contributed by atoms with van der Waals surface area (Å²) in [5.74, 6) is 0. The second-order valence-corrected chi connectivity index (χ2v) is 3.77. The fourth-order valence-electron chi connectivity index (χ4n) is 2.01. The van der Waals surface area contributed by atoms with Gasteiger partial charge in [0.25, 0.3) is 0 Å². The third-order valence-corrected chi connectivity index (χ3v) is 2.92. The van der Waals surface area contributed by atoms with Crippen molar-refractivity contribution in [3.63, 3.8) is 0 Å². The fraction of sp³-hybridized carbons (Fsp3) is 1.00. The van der Waals surface area contributed by atoms with Gasteiger partial charge in [0.1, 0.15) is 0 Å². The van der Waals surface area contributed by atoms with Crippen LogP contribution < -0.4 is 0 Å². The van der Waals surface area contributed by atoms with E-state index in [1.165, 1.54) is 32.2 Å². The summed E-state index contributed by atoms with van der Waals surface area (Å²) >= 11 is 0. The monoisotopic (exact) mass is 201 g/mol. The molecule has 0 aromatic rings. The molecule has 0 aromatic carbocycles. The zero-order chi connectivity index (χ0) is 11.6. The summed E-state index contributed by atoms with van der Waals surface area (Å²) in [5, 5.41) is 0. The van der Waals surface area contributed by atoms with Gasteiger partial charge in [0.15, 0.2) is 0 Å². The predicted molar refractivity (Wildman–Crippen MR) is 67.9 cm³/mol. The van der Waals surface area contributed by atoms with Crippen LogP contribution in [0, 0.1) is 0 Å². The van der Waals surface area contributed by atoms with Crippen LogP contribution in [-0.2, 0) is 0 Å². The van der Waals surface area contributed by atoms with Gasteiger partial charge in [-0.05, 0) is 39.8 Å². The predicted octanol–water partition coefficient (Wildman–Crippen LogP) is 4.32. The van der Waals surface area contributed by atoms with E-state index < -0.39 is 0 Å². The molecule has 0 aliphatic carbocycles. The van der Waals surface area contributed by atoms with Crippen molar-refractivity contribution < 1.29 is 0 Å². The van der Waals surface area contributed by atoms with Gasteiger partial charge in [-0.2, -0.15) is 0 Å². The largest absolute Gasteiger partial charge is 0.301 e. The molecule has 1 aliphatic rings. The molecule has 88 valence electrons. The van der Waals surface area contributed by atoms with Crippen molar-refractivity contribution in [2.24, 2.45) is 0 Å². The number of nitrogens with zero attached hydrogens (tertiary/aromatic N) is 1. The maximum absolute atomic E-state index is 2.51. The first-order valence-corrected chi connectivity index (χ1v) is 6.40. The molecule has 0 bridgehead atoms. The van der Waals surface area contributed by atoms with Crippen LogP contribution in [0.1, 0.15) is 67.2 Å². The van der Waals surface area contributed by atoms with Gasteiger partial charge in [-0.15, -0.1) is 0 Å². The molecular formula is C13H31N. The summed E-state index contributed by atoms with van der Waals surface area (Å²) in [6.07, 6.45) is 5.48. The van der Waals surface area contributed by atoms with E-state index in [-0.39, 0.29) is 0 Å². The number of hydrogen-bond acceptors (Lipinski definition) is 1. The van der Waals surface area contributed by atoms with Crippen molar-refractivity contribution in [1.82, 2.24) is 4.90 Å². The van der Waals surface area contributed by atoms with E-state index in [4.69, 9.17) is 0 Å². The van der Waals surface area contributed by atoms with Crippen LogP contribution in [0.15, 0.2) is 0 Å². The molecule has 0 unspecified atom stereocenters. The first kappa shape index (κ1) is 16.4. The molecule has 0 amide bonds. The molecule has 1 atom stereocenters. The third-order valence-electron chi connectivity index (χ3n) is 2.92. The lowest BCUT2D eigenvalue weighted by molar-refractivity contribution is 0.181. The minimum Gasteiger partial charge on any atom is -0.301 e. The van der Waals surface area contributed by atoms with Crippen LogP contribution in [0.4, 0.5) is 0 Å². The fourth-order valence-corrected chi connectivity index (χ4v) is 2.01.